The van der Waals surface area contributed by atoms with Crippen molar-refractivity contribution in [3.05, 3.63) is 23.9 Å². The van der Waals surface area contributed by atoms with Crippen molar-refractivity contribution in [2.75, 3.05) is 20.7 Å². The SMILES string of the molecule is CN(C)C(=O)c1nn2c3c(cccc13)OCC2. The molecule has 2 aromatic rings. The van der Waals surface area contributed by atoms with Gasteiger partial charge in [0.2, 0.25) is 0 Å². The molecule has 17 heavy (non-hydrogen) atoms. The van der Waals surface area contributed by atoms with E-state index in [2.05, 4.69) is 5.10 Å². The van der Waals surface area contributed by atoms with Crippen molar-refractivity contribution in [3.8, 4) is 5.75 Å². The summed E-state index contributed by atoms with van der Waals surface area (Å²) in [5.41, 5.74) is 1.42. The Kier molecular flexibility index (Phi) is 2.07. The van der Waals surface area contributed by atoms with Crippen molar-refractivity contribution in [1.29, 1.82) is 0 Å². The molecule has 0 spiro atoms. The van der Waals surface area contributed by atoms with E-state index < -0.39 is 0 Å². The van der Waals surface area contributed by atoms with Crippen LogP contribution in [-0.4, -0.2) is 41.3 Å². The summed E-state index contributed by atoms with van der Waals surface area (Å²) in [7, 11) is 3.46. The van der Waals surface area contributed by atoms with E-state index in [1.54, 1.807) is 14.1 Å². The Balaban J connectivity index is 2.29. The maximum atomic E-state index is 12.0. The third-order valence-electron chi connectivity index (χ3n) is 2.90. The molecule has 1 aliphatic heterocycles. The molecule has 88 valence electrons. The van der Waals surface area contributed by atoms with Crippen LogP contribution in [-0.2, 0) is 6.54 Å². The quantitative estimate of drug-likeness (QED) is 0.739. The minimum absolute atomic E-state index is 0.0761. The minimum atomic E-state index is -0.0761. The summed E-state index contributed by atoms with van der Waals surface area (Å²) in [5.74, 6) is 0.729. The van der Waals surface area contributed by atoms with Gasteiger partial charge in [-0.1, -0.05) is 12.1 Å². The highest BCUT2D eigenvalue weighted by atomic mass is 16.5. The lowest BCUT2D eigenvalue weighted by atomic mass is 10.2. The molecule has 1 aliphatic rings. The number of ether oxygens (including phenoxy) is 1. The minimum Gasteiger partial charge on any atom is -0.489 e. The Morgan fingerprint density at radius 3 is 3.06 bits per heavy atom. The summed E-state index contributed by atoms with van der Waals surface area (Å²) >= 11 is 0. The van der Waals surface area contributed by atoms with E-state index in [1.807, 2.05) is 22.9 Å². The molecular weight excluding hydrogens is 218 g/mol. The van der Waals surface area contributed by atoms with Gasteiger partial charge in [0, 0.05) is 19.5 Å². The second-order valence-corrected chi connectivity index (χ2v) is 4.27. The topological polar surface area (TPSA) is 47.4 Å². The van der Waals surface area contributed by atoms with Gasteiger partial charge in [0.25, 0.3) is 5.91 Å². The van der Waals surface area contributed by atoms with Gasteiger partial charge in [0.05, 0.1) is 6.54 Å². The Morgan fingerprint density at radius 2 is 2.29 bits per heavy atom. The van der Waals surface area contributed by atoms with Crippen LogP contribution in [0.3, 0.4) is 0 Å². The number of para-hydroxylation sites is 1. The molecule has 0 aliphatic carbocycles. The number of benzene rings is 1. The fraction of sp³-hybridized carbons (Fsp3) is 0.333. The van der Waals surface area contributed by atoms with Crippen LogP contribution in [0.25, 0.3) is 10.9 Å². The van der Waals surface area contributed by atoms with Crippen LogP contribution in [0.15, 0.2) is 18.2 Å². The molecule has 0 N–H and O–H groups in total. The summed E-state index contributed by atoms with van der Waals surface area (Å²) in [6, 6.07) is 5.71. The highest BCUT2D eigenvalue weighted by molar-refractivity contribution is 6.06. The van der Waals surface area contributed by atoms with Crippen molar-refractivity contribution in [2.24, 2.45) is 0 Å². The smallest absolute Gasteiger partial charge is 0.274 e. The maximum Gasteiger partial charge on any atom is 0.274 e. The largest absolute Gasteiger partial charge is 0.489 e. The molecule has 0 fully saturated rings. The Hall–Kier alpha value is -2.04. The summed E-state index contributed by atoms with van der Waals surface area (Å²) in [5, 5.41) is 5.25. The normalized spacial score (nSPS) is 13.5. The molecule has 3 rings (SSSR count). The number of carbonyl (C=O) groups excluding carboxylic acids is 1. The van der Waals surface area contributed by atoms with Gasteiger partial charge in [-0.25, -0.2) is 0 Å². The predicted octanol–water partition coefficient (Wildman–Crippen LogP) is 1.13. The first-order chi connectivity index (χ1) is 8.18. The second-order valence-electron chi connectivity index (χ2n) is 4.27. The van der Waals surface area contributed by atoms with Crippen molar-refractivity contribution in [3.63, 3.8) is 0 Å². The standard InChI is InChI=1S/C12H13N3O2/c1-14(2)12(16)10-8-4-3-5-9-11(8)15(13-10)6-7-17-9/h3-5H,6-7H2,1-2H3. The molecule has 0 unspecified atom stereocenters. The molecule has 0 atom stereocenters. The van der Waals surface area contributed by atoms with Crippen LogP contribution < -0.4 is 4.74 Å². The molecule has 0 saturated carbocycles. The van der Waals surface area contributed by atoms with Crippen LogP contribution in [0, 0.1) is 0 Å². The molecule has 1 aromatic carbocycles. The highest BCUT2D eigenvalue weighted by Crippen LogP contribution is 2.30. The number of hydrogen-bond donors (Lipinski definition) is 0. The number of nitrogens with zero attached hydrogens (tertiary/aromatic N) is 3. The number of amides is 1. The Morgan fingerprint density at radius 1 is 1.47 bits per heavy atom. The fourth-order valence-electron chi connectivity index (χ4n) is 2.09. The van der Waals surface area contributed by atoms with E-state index in [9.17, 15) is 4.79 Å². The van der Waals surface area contributed by atoms with Gasteiger partial charge in [-0.15, -0.1) is 0 Å². The first-order valence-electron chi connectivity index (χ1n) is 5.52. The van der Waals surface area contributed by atoms with Crippen LogP contribution in [0.4, 0.5) is 0 Å². The maximum absolute atomic E-state index is 12.0. The molecular formula is C12H13N3O2. The van der Waals surface area contributed by atoms with E-state index in [1.165, 1.54) is 4.90 Å². The zero-order valence-electron chi connectivity index (χ0n) is 9.80. The first kappa shape index (κ1) is 10.1. The van der Waals surface area contributed by atoms with Gasteiger partial charge in [-0.2, -0.15) is 5.10 Å². The molecule has 0 bridgehead atoms. The average Bonchev–Trinajstić information content (AvgIpc) is 2.70. The lowest BCUT2D eigenvalue weighted by Gasteiger charge is -2.14. The summed E-state index contributed by atoms with van der Waals surface area (Å²) in [6.07, 6.45) is 0. The zero-order chi connectivity index (χ0) is 12.0. The van der Waals surface area contributed by atoms with Gasteiger partial charge >= 0.3 is 0 Å². The van der Waals surface area contributed by atoms with E-state index in [0.29, 0.717) is 18.8 Å². The molecule has 0 radical (unpaired) electrons. The summed E-state index contributed by atoms with van der Waals surface area (Å²) < 4.78 is 7.42. The van der Waals surface area contributed by atoms with E-state index in [4.69, 9.17) is 4.74 Å². The van der Waals surface area contributed by atoms with Crippen LogP contribution >= 0.6 is 0 Å². The first-order valence-corrected chi connectivity index (χ1v) is 5.52. The fourth-order valence-corrected chi connectivity index (χ4v) is 2.09. The van der Waals surface area contributed by atoms with E-state index in [-0.39, 0.29) is 5.91 Å². The van der Waals surface area contributed by atoms with Crippen LogP contribution in [0.1, 0.15) is 10.5 Å². The number of rotatable bonds is 1. The molecule has 5 nitrogen and oxygen atoms in total. The third kappa shape index (κ3) is 1.39. The number of aromatic nitrogens is 2. The Bertz CT molecular complexity index is 601. The average molecular weight is 231 g/mol. The van der Waals surface area contributed by atoms with E-state index >= 15 is 0 Å². The second kappa shape index (κ2) is 3.48. The monoisotopic (exact) mass is 231 g/mol. The van der Waals surface area contributed by atoms with Crippen molar-refractivity contribution in [2.45, 2.75) is 6.54 Å². The van der Waals surface area contributed by atoms with Gasteiger partial charge in [-0.3, -0.25) is 9.48 Å². The molecule has 1 amide bonds. The highest BCUT2D eigenvalue weighted by Gasteiger charge is 2.22. The van der Waals surface area contributed by atoms with Crippen molar-refractivity contribution >= 4 is 16.8 Å². The third-order valence-corrected chi connectivity index (χ3v) is 2.90. The Labute approximate surface area is 98.6 Å². The van der Waals surface area contributed by atoms with Gasteiger partial charge in [-0.05, 0) is 6.07 Å². The molecule has 2 heterocycles. The van der Waals surface area contributed by atoms with Crippen molar-refractivity contribution < 1.29 is 9.53 Å². The number of hydrogen-bond acceptors (Lipinski definition) is 3. The number of carbonyl (C=O) groups is 1. The molecule has 0 saturated heterocycles. The molecule has 1 aromatic heterocycles. The van der Waals surface area contributed by atoms with Gasteiger partial charge in [0.15, 0.2) is 5.69 Å². The lowest BCUT2D eigenvalue weighted by Crippen LogP contribution is -2.22. The predicted molar refractivity (Wildman–Crippen MR) is 63.2 cm³/mol. The van der Waals surface area contributed by atoms with Crippen LogP contribution in [0.5, 0.6) is 5.75 Å². The zero-order valence-corrected chi connectivity index (χ0v) is 9.80. The van der Waals surface area contributed by atoms with Gasteiger partial charge in [0.1, 0.15) is 17.9 Å². The van der Waals surface area contributed by atoms with Crippen LogP contribution in [0.2, 0.25) is 0 Å². The molecule has 5 heteroatoms. The summed E-state index contributed by atoms with van der Waals surface area (Å²) in [6.45, 7) is 1.29. The van der Waals surface area contributed by atoms with Gasteiger partial charge < -0.3 is 9.64 Å². The summed E-state index contributed by atoms with van der Waals surface area (Å²) in [4.78, 5) is 13.6. The van der Waals surface area contributed by atoms with E-state index in [0.717, 1.165) is 16.7 Å². The van der Waals surface area contributed by atoms with Crippen molar-refractivity contribution in [1.82, 2.24) is 14.7 Å². The lowest BCUT2D eigenvalue weighted by molar-refractivity contribution is 0.0822.